The van der Waals surface area contributed by atoms with Crippen LogP contribution in [0.1, 0.15) is 6.92 Å². The highest BCUT2D eigenvalue weighted by Crippen LogP contribution is 2.07. The Morgan fingerprint density at radius 3 is 2.55 bits per heavy atom. The molecule has 0 saturated carbocycles. The quantitative estimate of drug-likeness (QED) is 0.197. The highest BCUT2D eigenvalue weighted by atomic mass is 16.2. The molecule has 0 heterocycles. The molecule has 0 bridgehead atoms. The van der Waals surface area contributed by atoms with Crippen molar-refractivity contribution < 1.29 is 9.90 Å². The Bertz CT molecular complexity index is 258. The lowest BCUT2D eigenvalue weighted by Crippen LogP contribution is -2.03. The molecule has 0 aliphatic carbocycles. The normalized spacial score (nSPS) is 13.3. The maximum atomic E-state index is 10.1. The summed E-state index contributed by atoms with van der Waals surface area (Å²) in [6.45, 7) is 1.48. The minimum absolute atomic E-state index is 0.00500. The maximum absolute atomic E-state index is 10.1. The van der Waals surface area contributed by atoms with E-state index in [0.717, 1.165) is 0 Å². The zero-order valence-electron chi connectivity index (χ0n) is 6.03. The molecule has 0 saturated heterocycles. The Hall–Kier alpha value is -1.76. The SMILES string of the molecule is CC(C(C#N)=CO)=C(N)C=O. The maximum Gasteiger partial charge on any atom is 0.166 e. The molecule has 0 aromatic carbocycles. The molecule has 0 atom stereocenters. The number of nitrogens with two attached hydrogens (primary N) is 1. The van der Waals surface area contributed by atoms with Gasteiger partial charge in [0.25, 0.3) is 0 Å². The number of rotatable bonds is 2. The molecule has 0 rings (SSSR count). The summed E-state index contributed by atoms with van der Waals surface area (Å²) >= 11 is 0. The van der Waals surface area contributed by atoms with Crippen LogP contribution in [0.5, 0.6) is 0 Å². The number of nitriles is 1. The minimum Gasteiger partial charge on any atom is -0.514 e. The molecule has 0 aliphatic rings. The summed E-state index contributed by atoms with van der Waals surface area (Å²) in [6, 6.07) is 1.68. The van der Waals surface area contributed by atoms with Crippen molar-refractivity contribution in [1.29, 1.82) is 5.26 Å². The van der Waals surface area contributed by atoms with E-state index in [0.29, 0.717) is 12.5 Å². The van der Waals surface area contributed by atoms with Gasteiger partial charge in [0.05, 0.1) is 17.5 Å². The van der Waals surface area contributed by atoms with Gasteiger partial charge in [-0.05, 0) is 12.5 Å². The zero-order valence-corrected chi connectivity index (χ0v) is 6.03. The number of hydrogen-bond acceptors (Lipinski definition) is 4. The van der Waals surface area contributed by atoms with Crippen molar-refractivity contribution in [1.82, 2.24) is 0 Å². The summed E-state index contributed by atoms with van der Waals surface area (Å²) in [5, 5.41) is 16.8. The van der Waals surface area contributed by atoms with Gasteiger partial charge in [-0.2, -0.15) is 5.26 Å². The van der Waals surface area contributed by atoms with E-state index in [9.17, 15) is 4.79 Å². The molecule has 0 aliphatic heterocycles. The Kier molecular flexibility index (Phi) is 3.46. The Morgan fingerprint density at radius 2 is 2.27 bits per heavy atom. The fraction of sp³-hybridized carbons (Fsp3) is 0.143. The van der Waals surface area contributed by atoms with E-state index >= 15 is 0 Å². The molecule has 4 nitrogen and oxygen atoms in total. The van der Waals surface area contributed by atoms with E-state index in [1.165, 1.54) is 6.92 Å². The molecule has 0 radical (unpaired) electrons. The molecule has 4 heteroatoms. The van der Waals surface area contributed by atoms with E-state index < -0.39 is 0 Å². The predicted molar refractivity (Wildman–Crippen MR) is 39.3 cm³/mol. The average Bonchev–Trinajstić information content (AvgIpc) is 2.05. The molecule has 0 aromatic rings. The van der Waals surface area contributed by atoms with E-state index in [4.69, 9.17) is 16.1 Å². The third kappa shape index (κ3) is 2.14. The molecule has 0 aromatic heterocycles. The van der Waals surface area contributed by atoms with Crippen LogP contribution in [0, 0.1) is 11.3 Å². The summed E-state index contributed by atoms with van der Waals surface area (Å²) in [6.07, 6.45) is 1.04. The van der Waals surface area contributed by atoms with Crippen LogP contribution < -0.4 is 5.73 Å². The second-order valence-electron chi connectivity index (χ2n) is 1.85. The van der Waals surface area contributed by atoms with Gasteiger partial charge in [-0.1, -0.05) is 0 Å². The van der Waals surface area contributed by atoms with Crippen LogP contribution in [0.4, 0.5) is 0 Å². The van der Waals surface area contributed by atoms with Crippen LogP contribution in [0.2, 0.25) is 0 Å². The van der Waals surface area contributed by atoms with Gasteiger partial charge in [0, 0.05) is 0 Å². The van der Waals surface area contributed by atoms with E-state index in [2.05, 4.69) is 0 Å². The second kappa shape index (κ2) is 4.12. The molecular weight excluding hydrogens is 144 g/mol. The van der Waals surface area contributed by atoms with Crippen LogP contribution in [0.15, 0.2) is 23.1 Å². The summed E-state index contributed by atoms with van der Waals surface area (Å²) in [7, 11) is 0. The second-order valence-corrected chi connectivity index (χ2v) is 1.85. The van der Waals surface area contributed by atoms with Crippen molar-refractivity contribution in [3.63, 3.8) is 0 Å². The number of nitrogens with zero attached hydrogens (tertiary/aromatic N) is 1. The third-order valence-corrected chi connectivity index (χ3v) is 1.21. The lowest BCUT2D eigenvalue weighted by Gasteiger charge is -1.96. The fourth-order valence-corrected chi connectivity index (χ4v) is 0.453. The number of aldehydes is 1. The van der Waals surface area contributed by atoms with Gasteiger partial charge in [-0.3, -0.25) is 4.79 Å². The third-order valence-electron chi connectivity index (χ3n) is 1.21. The number of carbonyl (C=O) groups excluding carboxylic acids is 1. The first-order chi connectivity index (χ1) is 5.17. The summed E-state index contributed by atoms with van der Waals surface area (Å²) < 4.78 is 0. The molecule has 0 unspecified atom stereocenters. The molecule has 0 fully saturated rings. The van der Waals surface area contributed by atoms with E-state index in [1.807, 2.05) is 0 Å². The molecular formula is C7H8N2O2. The first-order valence-corrected chi connectivity index (χ1v) is 2.83. The number of allylic oxidation sites excluding steroid dienone is 3. The average molecular weight is 152 g/mol. The summed E-state index contributed by atoms with van der Waals surface area (Å²) in [5.41, 5.74) is 5.41. The molecule has 3 N–H and O–H groups in total. The minimum atomic E-state index is -0.0492. The highest BCUT2D eigenvalue weighted by Gasteiger charge is 2.02. The largest absolute Gasteiger partial charge is 0.514 e. The molecule has 58 valence electrons. The van der Waals surface area contributed by atoms with Crippen molar-refractivity contribution in [2.45, 2.75) is 6.92 Å². The van der Waals surface area contributed by atoms with Crippen LogP contribution in [-0.2, 0) is 4.79 Å². The monoisotopic (exact) mass is 152 g/mol. The highest BCUT2D eigenvalue weighted by molar-refractivity contribution is 5.75. The van der Waals surface area contributed by atoms with Gasteiger partial charge >= 0.3 is 0 Å². The van der Waals surface area contributed by atoms with Gasteiger partial charge in [-0.25, -0.2) is 0 Å². The first-order valence-electron chi connectivity index (χ1n) is 2.83. The van der Waals surface area contributed by atoms with Crippen molar-refractivity contribution in [3.8, 4) is 6.07 Å². The Morgan fingerprint density at radius 1 is 1.73 bits per heavy atom. The van der Waals surface area contributed by atoms with Gasteiger partial charge in [0.2, 0.25) is 0 Å². The molecule has 0 amide bonds. The number of aliphatic hydroxyl groups is 1. The predicted octanol–water partition coefficient (Wildman–Crippen LogP) is 0.383. The topological polar surface area (TPSA) is 87.1 Å². The van der Waals surface area contributed by atoms with Gasteiger partial charge in [-0.15, -0.1) is 0 Å². The van der Waals surface area contributed by atoms with Crippen molar-refractivity contribution in [3.05, 3.63) is 23.1 Å². The van der Waals surface area contributed by atoms with Crippen LogP contribution in [-0.4, -0.2) is 11.4 Å². The van der Waals surface area contributed by atoms with Crippen LogP contribution >= 0.6 is 0 Å². The number of aliphatic hydroxyl groups excluding tert-OH is 1. The number of hydrogen-bond donors (Lipinski definition) is 2. The first kappa shape index (κ1) is 9.24. The lowest BCUT2D eigenvalue weighted by molar-refractivity contribution is -0.105. The molecule has 11 heavy (non-hydrogen) atoms. The smallest absolute Gasteiger partial charge is 0.166 e. The van der Waals surface area contributed by atoms with E-state index in [-0.39, 0.29) is 16.8 Å². The van der Waals surface area contributed by atoms with Gasteiger partial charge < -0.3 is 10.8 Å². The lowest BCUT2D eigenvalue weighted by atomic mass is 10.1. The Balaban J connectivity index is 4.90. The summed E-state index contributed by atoms with van der Waals surface area (Å²) in [5.74, 6) is 0. The van der Waals surface area contributed by atoms with Gasteiger partial charge in [0.1, 0.15) is 6.07 Å². The zero-order chi connectivity index (χ0) is 8.85. The van der Waals surface area contributed by atoms with Gasteiger partial charge in [0.15, 0.2) is 6.29 Å². The van der Waals surface area contributed by atoms with Crippen LogP contribution in [0.25, 0.3) is 0 Å². The van der Waals surface area contributed by atoms with Crippen molar-refractivity contribution in [2.24, 2.45) is 5.73 Å². The standard InChI is InChI=1S/C7H8N2O2/c1-5(7(9)4-11)6(2-8)3-10/h3-4,10H,9H2,1H3. The number of carbonyl (C=O) groups is 1. The summed E-state index contributed by atoms with van der Waals surface area (Å²) in [4.78, 5) is 10.1. The fourth-order valence-electron chi connectivity index (χ4n) is 0.453. The van der Waals surface area contributed by atoms with Crippen molar-refractivity contribution >= 4 is 6.29 Å². The van der Waals surface area contributed by atoms with E-state index in [1.54, 1.807) is 6.07 Å². The van der Waals surface area contributed by atoms with Crippen molar-refractivity contribution in [2.75, 3.05) is 0 Å². The Labute approximate surface area is 64.2 Å². The van der Waals surface area contributed by atoms with Crippen LogP contribution in [0.3, 0.4) is 0 Å². The molecule has 0 spiro atoms.